The minimum absolute atomic E-state index is 0.0849. The largest absolute Gasteiger partial charge is 0.384 e. The van der Waals surface area contributed by atoms with Crippen molar-refractivity contribution < 1.29 is 9.59 Å². The first-order valence-corrected chi connectivity index (χ1v) is 7.46. The quantitative estimate of drug-likeness (QED) is 0.856. The first kappa shape index (κ1) is 15.3. The lowest BCUT2D eigenvalue weighted by Gasteiger charge is -2.34. The monoisotopic (exact) mass is 290 g/mol. The van der Waals surface area contributed by atoms with Crippen LogP contribution in [-0.2, 0) is 4.79 Å². The van der Waals surface area contributed by atoms with Crippen LogP contribution in [0.5, 0.6) is 0 Å². The topological polar surface area (TPSA) is 74.3 Å². The third-order valence-corrected chi connectivity index (χ3v) is 3.54. The summed E-state index contributed by atoms with van der Waals surface area (Å²) in [5, 5.41) is 6.00. The van der Waals surface area contributed by atoms with Crippen molar-refractivity contribution >= 4 is 17.5 Å². The Balaban J connectivity index is 2.09. The van der Waals surface area contributed by atoms with Crippen molar-refractivity contribution in [2.75, 3.05) is 25.0 Å². The van der Waals surface area contributed by atoms with Gasteiger partial charge in [0.05, 0.1) is 11.9 Å². The van der Waals surface area contributed by atoms with E-state index in [9.17, 15) is 9.59 Å². The van der Waals surface area contributed by atoms with Gasteiger partial charge in [0.15, 0.2) is 0 Å². The van der Waals surface area contributed by atoms with Gasteiger partial charge in [-0.3, -0.25) is 9.59 Å². The molecule has 6 heteroatoms. The zero-order valence-corrected chi connectivity index (χ0v) is 12.6. The highest BCUT2D eigenvalue weighted by Crippen LogP contribution is 2.14. The molecule has 1 saturated heterocycles. The maximum Gasteiger partial charge on any atom is 0.273 e. The molecule has 0 radical (unpaired) electrons. The maximum absolute atomic E-state index is 12.5. The van der Waals surface area contributed by atoms with Crippen LogP contribution in [0.4, 0.5) is 5.69 Å². The molecule has 0 aromatic carbocycles. The predicted octanol–water partition coefficient (Wildman–Crippen LogP) is 1.25. The lowest BCUT2D eigenvalue weighted by molar-refractivity contribution is -0.127. The molecule has 114 valence electrons. The first-order chi connectivity index (χ1) is 10.2. The molecular weight excluding hydrogens is 268 g/mol. The van der Waals surface area contributed by atoms with E-state index in [1.807, 2.05) is 13.0 Å². The van der Waals surface area contributed by atoms with Crippen LogP contribution in [0, 0.1) is 0 Å². The minimum atomic E-state index is -0.397. The highest BCUT2D eigenvalue weighted by molar-refractivity contribution is 5.97. The fraction of sp³-hybridized carbons (Fsp3) is 0.533. The number of amides is 2. The van der Waals surface area contributed by atoms with Gasteiger partial charge in [0.1, 0.15) is 11.7 Å². The van der Waals surface area contributed by atoms with Crippen LogP contribution in [0.25, 0.3) is 0 Å². The van der Waals surface area contributed by atoms with Gasteiger partial charge in [-0.15, -0.1) is 0 Å². The average Bonchev–Trinajstić information content (AvgIpc) is 2.52. The number of anilines is 1. The Hall–Kier alpha value is -2.11. The lowest BCUT2D eigenvalue weighted by atomic mass is 10.1. The molecule has 21 heavy (non-hydrogen) atoms. The molecule has 6 nitrogen and oxygen atoms in total. The molecule has 2 N–H and O–H groups in total. The number of nitrogens with one attached hydrogen (secondary N) is 2. The third kappa shape index (κ3) is 3.51. The lowest BCUT2D eigenvalue weighted by Crippen LogP contribution is -2.57. The molecule has 1 aromatic rings. The van der Waals surface area contributed by atoms with Crippen LogP contribution >= 0.6 is 0 Å². The number of carbonyl (C=O) groups excluding carboxylic acids is 2. The molecular formula is C15H22N4O2. The Morgan fingerprint density at radius 1 is 1.48 bits per heavy atom. The molecule has 0 spiro atoms. The normalized spacial score (nSPS) is 18.3. The summed E-state index contributed by atoms with van der Waals surface area (Å²) >= 11 is 0. The number of aromatic nitrogens is 1. The molecule has 2 heterocycles. The van der Waals surface area contributed by atoms with Gasteiger partial charge in [-0.2, -0.15) is 0 Å². The van der Waals surface area contributed by atoms with E-state index >= 15 is 0 Å². The molecule has 1 aliphatic rings. The molecule has 1 aliphatic heterocycles. The zero-order chi connectivity index (χ0) is 15.2. The highest BCUT2D eigenvalue weighted by atomic mass is 16.2. The van der Waals surface area contributed by atoms with Crippen molar-refractivity contribution in [2.24, 2.45) is 0 Å². The molecule has 0 saturated carbocycles. The second-order valence-electron chi connectivity index (χ2n) is 5.07. The van der Waals surface area contributed by atoms with Gasteiger partial charge in [-0.25, -0.2) is 4.98 Å². The average molecular weight is 290 g/mol. The molecule has 1 fully saturated rings. The van der Waals surface area contributed by atoms with Crippen molar-refractivity contribution in [1.29, 1.82) is 0 Å². The number of rotatable bonds is 5. The second-order valence-corrected chi connectivity index (χ2v) is 5.07. The molecule has 2 amide bonds. The van der Waals surface area contributed by atoms with E-state index in [4.69, 9.17) is 0 Å². The van der Waals surface area contributed by atoms with E-state index in [-0.39, 0.29) is 11.8 Å². The Labute approximate surface area is 124 Å². The Morgan fingerprint density at radius 2 is 2.29 bits per heavy atom. The summed E-state index contributed by atoms with van der Waals surface area (Å²) in [6, 6.07) is 3.16. The van der Waals surface area contributed by atoms with Crippen LogP contribution in [0.15, 0.2) is 18.3 Å². The van der Waals surface area contributed by atoms with E-state index in [2.05, 4.69) is 22.5 Å². The number of piperazine rings is 1. The van der Waals surface area contributed by atoms with Gasteiger partial charge in [0.25, 0.3) is 5.91 Å². The fourth-order valence-corrected chi connectivity index (χ4v) is 2.41. The van der Waals surface area contributed by atoms with Crippen LogP contribution in [0.2, 0.25) is 0 Å². The molecule has 1 unspecified atom stereocenters. The van der Waals surface area contributed by atoms with Crippen molar-refractivity contribution in [2.45, 2.75) is 32.7 Å². The van der Waals surface area contributed by atoms with Crippen molar-refractivity contribution in [3.8, 4) is 0 Å². The van der Waals surface area contributed by atoms with Crippen molar-refractivity contribution in [3.05, 3.63) is 24.0 Å². The van der Waals surface area contributed by atoms with Gasteiger partial charge in [0.2, 0.25) is 5.91 Å². The first-order valence-electron chi connectivity index (χ1n) is 7.46. The van der Waals surface area contributed by atoms with Gasteiger partial charge in [-0.05, 0) is 25.0 Å². The van der Waals surface area contributed by atoms with Crippen LogP contribution in [-0.4, -0.2) is 47.4 Å². The standard InChI is InChI=1S/C15H22N4O2/c1-3-7-16-11-5-6-12(18-10-11)15(21)19-9-8-17-14(20)13(19)4-2/h5-6,10,13,16H,3-4,7-9H2,1-2H3,(H,17,20). The van der Waals surface area contributed by atoms with Gasteiger partial charge >= 0.3 is 0 Å². The molecule has 0 bridgehead atoms. The zero-order valence-electron chi connectivity index (χ0n) is 12.6. The van der Waals surface area contributed by atoms with E-state index in [1.165, 1.54) is 0 Å². The summed E-state index contributed by atoms with van der Waals surface area (Å²) in [5.74, 6) is -0.267. The number of nitrogens with zero attached hydrogens (tertiary/aromatic N) is 2. The molecule has 1 atom stereocenters. The van der Waals surface area contributed by atoms with Gasteiger partial charge in [-0.1, -0.05) is 13.8 Å². The summed E-state index contributed by atoms with van der Waals surface area (Å²) in [6.45, 7) is 5.89. The highest BCUT2D eigenvalue weighted by Gasteiger charge is 2.32. The van der Waals surface area contributed by atoms with Crippen LogP contribution in [0.3, 0.4) is 0 Å². The van der Waals surface area contributed by atoms with E-state index in [0.29, 0.717) is 25.2 Å². The molecule has 0 aliphatic carbocycles. The Kier molecular flexibility index (Phi) is 5.14. The number of hydrogen-bond acceptors (Lipinski definition) is 4. The summed E-state index contributed by atoms with van der Waals surface area (Å²) in [4.78, 5) is 30.1. The third-order valence-electron chi connectivity index (χ3n) is 3.54. The minimum Gasteiger partial charge on any atom is -0.384 e. The summed E-state index contributed by atoms with van der Waals surface area (Å²) in [5.41, 5.74) is 1.28. The predicted molar refractivity (Wildman–Crippen MR) is 81.1 cm³/mol. The van der Waals surface area contributed by atoms with Gasteiger partial charge in [0, 0.05) is 19.6 Å². The van der Waals surface area contributed by atoms with Crippen molar-refractivity contribution in [1.82, 2.24) is 15.2 Å². The van der Waals surface area contributed by atoms with E-state index < -0.39 is 6.04 Å². The Bertz CT molecular complexity index is 501. The summed E-state index contributed by atoms with van der Waals surface area (Å²) in [7, 11) is 0. The van der Waals surface area contributed by atoms with E-state index in [1.54, 1.807) is 17.2 Å². The SMILES string of the molecule is CCCNc1ccc(C(=O)N2CCNC(=O)C2CC)nc1. The fourth-order valence-electron chi connectivity index (χ4n) is 2.41. The maximum atomic E-state index is 12.5. The van der Waals surface area contributed by atoms with E-state index in [0.717, 1.165) is 18.7 Å². The number of pyridine rings is 1. The summed E-state index contributed by atoms with van der Waals surface area (Å²) in [6.07, 6.45) is 3.29. The summed E-state index contributed by atoms with van der Waals surface area (Å²) < 4.78 is 0. The van der Waals surface area contributed by atoms with Crippen LogP contribution < -0.4 is 10.6 Å². The number of carbonyl (C=O) groups is 2. The molecule has 1 aromatic heterocycles. The van der Waals surface area contributed by atoms with Gasteiger partial charge < -0.3 is 15.5 Å². The van der Waals surface area contributed by atoms with Crippen molar-refractivity contribution in [3.63, 3.8) is 0 Å². The Morgan fingerprint density at radius 3 is 2.90 bits per heavy atom. The second kappa shape index (κ2) is 7.06. The number of hydrogen-bond donors (Lipinski definition) is 2. The smallest absolute Gasteiger partial charge is 0.273 e. The van der Waals surface area contributed by atoms with Crippen LogP contribution in [0.1, 0.15) is 37.2 Å². The molecule has 2 rings (SSSR count).